The number of halogens is 4. The average molecular weight is 332 g/mol. The van der Waals surface area contributed by atoms with Crippen molar-refractivity contribution < 1.29 is 8.42 Å². The van der Waals surface area contributed by atoms with Crippen molar-refractivity contribution in [3.05, 3.63) is 27.6 Å². The Labute approximate surface area is 116 Å². The predicted octanol–water partition coefficient (Wildman–Crippen LogP) is 3.52. The topological polar surface area (TPSA) is 59.9 Å². The van der Waals surface area contributed by atoms with Crippen LogP contribution in [0.4, 0.5) is 0 Å². The van der Waals surface area contributed by atoms with E-state index in [1.165, 1.54) is 12.1 Å². The van der Waals surface area contributed by atoms with Crippen LogP contribution < -0.4 is 0 Å². The molecule has 4 nitrogen and oxygen atoms in total. The molecule has 1 heterocycles. The minimum atomic E-state index is -3.96. The van der Waals surface area contributed by atoms with E-state index < -0.39 is 9.05 Å². The highest BCUT2D eigenvalue weighted by Crippen LogP contribution is 2.32. The van der Waals surface area contributed by atoms with Gasteiger partial charge in [0.05, 0.1) is 10.5 Å². The van der Waals surface area contributed by atoms with E-state index in [2.05, 4.69) is 9.97 Å². The molecular formula is C8H2Cl4N2O2S. The highest BCUT2D eigenvalue weighted by atomic mass is 35.7. The SMILES string of the molecule is O=S(=O)(Cl)c1cc2c(Cl)nc(Cl)nc2cc1Cl. The van der Waals surface area contributed by atoms with Crippen molar-refractivity contribution >= 4 is 65.4 Å². The van der Waals surface area contributed by atoms with Crippen molar-refractivity contribution in [2.75, 3.05) is 0 Å². The molecule has 0 N–H and O–H groups in total. The molecule has 9 heteroatoms. The third-order valence-electron chi connectivity index (χ3n) is 1.94. The van der Waals surface area contributed by atoms with Gasteiger partial charge in [0.15, 0.2) is 0 Å². The van der Waals surface area contributed by atoms with E-state index in [0.717, 1.165) is 0 Å². The predicted molar refractivity (Wildman–Crippen MR) is 67.6 cm³/mol. The van der Waals surface area contributed by atoms with Crippen molar-refractivity contribution in [3.8, 4) is 0 Å². The summed E-state index contributed by atoms with van der Waals surface area (Å²) in [5, 5.41) is 0.219. The highest BCUT2D eigenvalue weighted by molar-refractivity contribution is 8.13. The summed E-state index contributed by atoms with van der Waals surface area (Å²) in [7, 11) is 1.27. The summed E-state index contributed by atoms with van der Waals surface area (Å²) < 4.78 is 22.5. The molecule has 0 fully saturated rings. The average Bonchev–Trinajstić information content (AvgIpc) is 2.13. The Bertz CT molecular complexity index is 717. The summed E-state index contributed by atoms with van der Waals surface area (Å²) in [4.78, 5) is 7.31. The van der Waals surface area contributed by atoms with E-state index >= 15 is 0 Å². The van der Waals surface area contributed by atoms with E-state index in [9.17, 15) is 8.42 Å². The van der Waals surface area contributed by atoms with Crippen molar-refractivity contribution in [1.29, 1.82) is 0 Å². The minimum absolute atomic E-state index is 0.0261. The van der Waals surface area contributed by atoms with E-state index in [1.807, 2.05) is 0 Å². The second-order valence-corrected chi connectivity index (χ2v) is 6.66. The summed E-state index contributed by atoms with van der Waals surface area (Å²) in [6.07, 6.45) is 0. The molecule has 0 bridgehead atoms. The van der Waals surface area contributed by atoms with Gasteiger partial charge in [-0.3, -0.25) is 0 Å². The lowest BCUT2D eigenvalue weighted by molar-refractivity contribution is 0.610. The maximum atomic E-state index is 11.2. The lowest BCUT2D eigenvalue weighted by Gasteiger charge is -2.04. The van der Waals surface area contributed by atoms with Gasteiger partial charge in [-0.2, -0.15) is 0 Å². The fourth-order valence-corrected chi connectivity index (χ4v) is 3.22. The Morgan fingerprint density at radius 1 is 1.06 bits per heavy atom. The van der Waals surface area contributed by atoms with Crippen LogP contribution >= 0.6 is 45.5 Å². The molecule has 0 aliphatic carbocycles. The van der Waals surface area contributed by atoms with Crippen LogP contribution in [0.5, 0.6) is 0 Å². The smallest absolute Gasteiger partial charge is 0.218 e. The summed E-state index contributed by atoms with van der Waals surface area (Å²) >= 11 is 17.2. The van der Waals surface area contributed by atoms with Gasteiger partial charge in [-0.25, -0.2) is 18.4 Å². The normalized spacial score (nSPS) is 12.0. The molecule has 0 spiro atoms. The molecule has 2 aromatic rings. The first kappa shape index (κ1) is 13.1. The van der Waals surface area contributed by atoms with Gasteiger partial charge in [0.25, 0.3) is 9.05 Å². The first-order chi connectivity index (χ1) is 7.79. The van der Waals surface area contributed by atoms with Crippen LogP contribution in [0.15, 0.2) is 17.0 Å². The first-order valence-corrected chi connectivity index (χ1v) is 7.50. The number of fused-ring (bicyclic) bond motifs is 1. The summed E-state index contributed by atoms with van der Waals surface area (Å²) in [5.74, 6) is 0. The van der Waals surface area contributed by atoms with Gasteiger partial charge in [0, 0.05) is 16.1 Å². The van der Waals surface area contributed by atoms with E-state index in [1.54, 1.807) is 0 Å². The molecule has 90 valence electrons. The van der Waals surface area contributed by atoms with Gasteiger partial charge in [-0.05, 0) is 23.7 Å². The van der Waals surface area contributed by atoms with Gasteiger partial charge >= 0.3 is 0 Å². The Balaban J connectivity index is 2.91. The van der Waals surface area contributed by atoms with Crippen molar-refractivity contribution in [2.45, 2.75) is 4.90 Å². The third kappa shape index (κ3) is 2.58. The Morgan fingerprint density at radius 3 is 2.29 bits per heavy atom. The second kappa shape index (κ2) is 4.40. The number of rotatable bonds is 1. The van der Waals surface area contributed by atoms with Crippen LogP contribution in [0.3, 0.4) is 0 Å². The summed E-state index contributed by atoms with van der Waals surface area (Å²) in [6, 6.07) is 2.52. The number of hydrogen-bond donors (Lipinski definition) is 0. The zero-order valence-electron chi connectivity index (χ0n) is 7.79. The fourth-order valence-electron chi connectivity index (χ4n) is 1.25. The molecule has 1 aromatic carbocycles. The largest absolute Gasteiger partial charge is 0.262 e. The maximum absolute atomic E-state index is 11.2. The van der Waals surface area contributed by atoms with Gasteiger partial charge in [-0.1, -0.05) is 23.2 Å². The van der Waals surface area contributed by atoms with E-state index in [4.69, 9.17) is 45.5 Å². The molecule has 0 saturated carbocycles. The molecule has 0 unspecified atom stereocenters. The molecule has 0 saturated heterocycles. The lowest BCUT2D eigenvalue weighted by Crippen LogP contribution is -1.94. The van der Waals surface area contributed by atoms with Gasteiger partial charge in [0.1, 0.15) is 10.0 Å². The molecule has 2 rings (SSSR count). The quantitative estimate of drug-likeness (QED) is 0.455. The van der Waals surface area contributed by atoms with Crippen molar-refractivity contribution in [2.24, 2.45) is 0 Å². The molecule has 0 radical (unpaired) electrons. The van der Waals surface area contributed by atoms with Gasteiger partial charge < -0.3 is 0 Å². The van der Waals surface area contributed by atoms with E-state index in [0.29, 0.717) is 10.9 Å². The van der Waals surface area contributed by atoms with Gasteiger partial charge in [0.2, 0.25) is 5.28 Å². The number of hydrogen-bond acceptors (Lipinski definition) is 4. The van der Waals surface area contributed by atoms with Crippen LogP contribution in [0.1, 0.15) is 0 Å². The Hall–Kier alpha value is -0.330. The van der Waals surface area contributed by atoms with Crippen molar-refractivity contribution in [3.63, 3.8) is 0 Å². The lowest BCUT2D eigenvalue weighted by atomic mass is 10.2. The third-order valence-corrected chi connectivity index (χ3v) is 4.18. The molecule has 17 heavy (non-hydrogen) atoms. The Kier molecular flexibility index (Phi) is 3.40. The first-order valence-electron chi connectivity index (χ1n) is 4.06. The minimum Gasteiger partial charge on any atom is -0.218 e. The van der Waals surface area contributed by atoms with Crippen LogP contribution in [0, 0.1) is 0 Å². The molecule has 1 aromatic heterocycles. The molecule has 0 aliphatic heterocycles. The number of nitrogens with zero attached hydrogens (tertiary/aromatic N) is 2. The molecule has 0 aliphatic rings. The summed E-state index contributed by atoms with van der Waals surface area (Å²) in [5.41, 5.74) is 0.337. The summed E-state index contributed by atoms with van der Waals surface area (Å²) in [6.45, 7) is 0. The monoisotopic (exact) mass is 330 g/mol. The zero-order chi connectivity index (χ0) is 12.8. The maximum Gasteiger partial charge on any atom is 0.262 e. The highest BCUT2D eigenvalue weighted by Gasteiger charge is 2.18. The van der Waals surface area contributed by atoms with Gasteiger partial charge in [-0.15, -0.1) is 0 Å². The van der Waals surface area contributed by atoms with E-state index in [-0.39, 0.29) is 20.4 Å². The second-order valence-electron chi connectivity index (χ2n) is 3.02. The number of aromatic nitrogens is 2. The molecule has 0 atom stereocenters. The standard InChI is InChI=1S/C8H2Cl4N2O2S/c9-4-2-5-3(1-6(4)17(12,15)16)7(10)14-8(11)13-5/h1-2H. The fraction of sp³-hybridized carbons (Fsp3) is 0. The van der Waals surface area contributed by atoms with Crippen LogP contribution in [0.25, 0.3) is 10.9 Å². The van der Waals surface area contributed by atoms with Crippen LogP contribution in [-0.2, 0) is 9.05 Å². The zero-order valence-corrected chi connectivity index (χ0v) is 11.6. The van der Waals surface area contributed by atoms with Crippen LogP contribution in [0.2, 0.25) is 15.5 Å². The Morgan fingerprint density at radius 2 is 1.71 bits per heavy atom. The molecule has 0 amide bonds. The molecular weight excluding hydrogens is 330 g/mol. The van der Waals surface area contributed by atoms with Crippen molar-refractivity contribution in [1.82, 2.24) is 9.97 Å². The van der Waals surface area contributed by atoms with Crippen LogP contribution in [-0.4, -0.2) is 18.4 Å². The number of benzene rings is 1.